The van der Waals surface area contributed by atoms with E-state index in [2.05, 4.69) is 0 Å². The highest BCUT2D eigenvalue weighted by Gasteiger charge is 2.24. The first-order valence-corrected chi connectivity index (χ1v) is 3.80. The fraction of sp³-hybridized carbons (Fsp3) is 0.333. The standard InChI is InChI=1S/C9H8F2O/c1-5-4-12-8-3-6(10)2-7(11)9(5)8/h2-3,5H,4H2,1H3/t5-/m0/s1. The molecule has 0 amide bonds. The molecule has 1 nitrogen and oxygen atoms in total. The minimum Gasteiger partial charge on any atom is -0.492 e. The van der Waals surface area contributed by atoms with Gasteiger partial charge in [-0.25, -0.2) is 8.78 Å². The maximum atomic E-state index is 13.1. The monoisotopic (exact) mass is 170 g/mol. The zero-order valence-electron chi connectivity index (χ0n) is 6.60. The van der Waals surface area contributed by atoms with Gasteiger partial charge in [0.1, 0.15) is 17.4 Å². The molecule has 0 spiro atoms. The smallest absolute Gasteiger partial charge is 0.133 e. The summed E-state index contributed by atoms with van der Waals surface area (Å²) in [6.45, 7) is 2.29. The first-order chi connectivity index (χ1) is 5.68. The zero-order chi connectivity index (χ0) is 8.72. The molecule has 0 radical (unpaired) electrons. The molecule has 1 aromatic rings. The molecule has 2 rings (SSSR count). The van der Waals surface area contributed by atoms with Crippen LogP contribution in [-0.4, -0.2) is 6.61 Å². The molecule has 1 aliphatic heterocycles. The van der Waals surface area contributed by atoms with Crippen molar-refractivity contribution in [1.29, 1.82) is 0 Å². The van der Waals surface area contributed by atoms with Crippen molar-refractivity contribution in [3.8, 4) is 5.75 Å². The Morgan fingerprint density at radius 2 is 2.17 bits per heavy atom. The van der Waals surface area contributed by atoms with E-state index in [1.807, 2.05) is 6.92 Å². The van der Waals surface area contributed by atoms with Crippen molar-refractivity contribution in [2.24, 2.45) is 0 Å². The molecular weight excluding hydrogens is 162 g/mol. The van der Waals surface area contributed by atoms with Crippen LogP contribution in [0.1, 0.15) is 18.4 Å². The van der Waals surface area contributed by atoms with Gasteiger partial charge in [0.25, 0.3) is 0 Å². The van der Waals surface area contributed by atoms with E-state index in [1.54, 1.807) is 0 Å². The van der Waals surface area contributed by atoms with Crippen LogP contribution < -0.4 is 4.74 Å². The van der Waals surface area contributed by atoms with Crippen LogP contribution >= 0.6 is 0 Å². The van der Waals surface area contributed by atoms with E-state index >= 15 is 0 Å². The molecule has 0 aliphatic carbocycles. The summed E-state index contributed by atoms with van der Waals surface area (Å²) in [6.07, 6.45) is 0. The topological polar surface area (TPSA) is 9.23 Å². The second kappa shape index (κ2) is 2.44. The normalized spacial score (nSPS) is 20.4. The lowest BCUT2D eigenvalue weighted by Gasteiger charge is -2.01. The quantitative estimate of drug-likeness (QED) is 0.581. The fourth-order valence-electron chi connectivity index (χ4n) is 1.46. The van der Waals surface area contributed by atoms with Crippen LogP contribution in [0.25, 0.3) is 0 Å². The highest BCUT2D eigenvalue weighted by Crippen LogP contribution is 2.35. The molecule has 1 atom stereocenters. The summed E-state index contributed by atoms with van der Waals surface area (Å²) < 4.78 is 30.8. The molecule has 0 N–H and O–H groups in total. The van der Waals surface area contributed by atoms with Gasteiger partial charge >= 0.3 is 0 Å². The van der Waals surface area contributed by atoms with Gasteiger partial charge in [-0.05, 0) is 0 Å². The van der Waals surface area contributed by atoms with Crippen molar-refractivity contribution >= 4 is 0 Å². The number of fused-ring (bicyclic) bond motifs is 1. The second-order valence-corrected chi connectivity index (χ2v) is 3.01. The van der Waals surface area contributed by atoms with Crippen molar-refractivity contribution in [2.75, 3.05) is 6.61 Å². The van der Waals surface area contributed by atoms with E-state index < -0.39 is 11.6 Å². The Kier molecular flexibility index (Phi) is 1.53. The van der Waals surface area contributed by atoms with Crippen molar-refractivity contribution in [3.05, 3.63) is 29.3 Å². The van der Waals surface area contributed by atoms with Gasteiger partial charge in [0.05, 0.1) is 6.61 Å². The fourth-order valence-corrected chi connectivity index (χ4v) is 1.46. The molecule has 12 heavy (non-hydrogen) atoms. The van der Waals surface area contributed by atoms with E-state index in [-0.39, 0.29) is 5.92 Å². The maximum Gasteiger partial charge on any atom is 0.133 e. The lowest BCUT2D eigenvalue weighted by molar-refractivity contribution is 0.336. The minimum absolute atomic E-state index is 0.0283. The summed E-state index contributed by atoms with van der Waals surface area (Å²) in [4.78, 5) is 0. The van der Waals surface area contributed by atoms with Gasteiger partial charge in [-0.3, -0.25) is 0 Å². The van der Waals surface area contributed by atoms with Crippen molar-refractivity contribution < 1.29 is 13.5 Å². The zero-order valence-corrected chi connectivity index (χ0v) is 6.60. The average molecular weight is 170 g/mol. The van der Waals surface area contributed by atoms with Gasteiger partial charge in [0.15, 0.2) is 0 Å². The number of rotatable bonds is 0. The predicted molar refractivity (Wildman–Crippen MR) is 40.3 cm³/mol. The molecule has 0 saturated carbocycles. The van der Waals surface area contributed by atoms with Crippen LogP contribution in [0.5, 0.6) is 5.75 Å². The number of benzene rings is 1. The Hall–Kier alpha value is -1.12. The predicted octanol–water partition coefficient (Wildman–Crippen LogP) is 2.46. The van der Waals surface area contributed by atoms with Gasteiger partial charge < -0.3 is 4.74 Å². The molecule has 1 aromatic carbocycles. The van der Waals surface area contributed by atoms with Gasteiger partial charge in [0, 0.05) is 23.6 Å². The summed E-state index contributed by atoms with van der Waals surface area (Å²) in [5, 5.41) is 0. The van der Waals surface area contributed by atoms with Crippen LogP contribution in [0, 0.1) is 11.6 Å². The van der Waals surface area contributed by atoms with E-state index in [9.17, 15) is 8.78 Å². The third kappa shape index (κ3) is 0.967. The molecule has 0 bridgehead atoms. The molecule has 0 aromatic heterocycles. The summed E-state index contributed by atoms with van der Waals surface area (Å²) in [7, 11) is 0. The third-order valence-electron chi connectivity index (χ3n) is 2.04. The first kappa shape index (κ1) is 7.53. The Balaban J connectivity index is 2.60. The van der Waals surface area contributed by atoms with Crippen LogP contribution in [0.15, 0.2) is 12.1 Å². The van der Waals surface area contributed by atoms with Gasteiger partial charge in [-0.15, -0.1) is 0 Å². The van der Waals surface area contributed by atoms with E-state index in [1.165, 1.54) is 6.07 Å². The molecule has 3 heteroatoms. The van der Waals surface area contributed by atoms with Crippen molar-refractivity contribution in [3.63, 3.8) is 0 Å². The SMILES string of the molecule is C[C@H]1COc2cc(F)cc(F)c21. The lowest BCUT2D eigenvalue weighted by atomic mass is 10.0. The number of hydrogen-bond acceptors (Lipinski definition) is 1. The van der Waals surface area contributed by atoms with Gasteiger partial charge in [-0.1, -0.05) is 6.92 Å². The summed E-state index contributed by atoms with van der Waals surface area (Å²) in [5.74, 6) is -0.712. The van der Waals surface area contributed by atoms with Crippen LogP contribution in [0.4, 0.5) is 8.78 Å². The third-order valence-corrected chi connectivity index (χ3v) is 2.04. The summed E-state index contributed by atoms with van der Waals surface area (Å²) in [5.41, 5.74) is 0.497. The Labute approximate surface area is 69.0 Å². The van der Waals surface area contributed by atoms with Crippen LogP contribution in [0.3, 0.4) is 0 Å². The van der Waals surface area contributed by atoms with E-state index in [0.29, 0.717) is 17.9 Å². The minimum atomic E-state index is -0.583. The number of halogens is 2. The van der Waals surface area contributed by atoms with E-state index in [0.717, 1.165) is 6.07 Å². The average Bonchev–Trinajstić information content (AvgIpc) is 2.31. The largest absolute Gasteiger partial charge is 0.492 e. The van der Waals surface area contributed by atoms with E-state index in [4.69, 9.17) is 4.74 Å². The molecule has 0 unspecified atom stereocenters. The number of hydrogen-bond donors (Lipinski definition) is 0. The Morgan fingerprint density at radius 3 is 2.92 bits per heavy atom. The molecule has 0 fully saturated rings. The lowest BCUT2D eigenvalue weighted by Crippen LogP contribution is -1.95. The summed E-state index contributed by atoms with van der Waals surface area (Å²) in [6, 6.07) is 2.12. The molecule has 0 saturated heterocycles. The Bertz CT molecular complexity index is 323. The Morgan fingerprint density at radius 1 is 1.42 bits per heavy atom. The first-order valence-electron chi connectivity index (χ1n) is 3.80. The second-order valence-electron chi connectivity index (χ2n) is 3.01. The molecule has 64 valence electrons. The molecule has 1 aliphatic rings. The maximum absolute atomic E-state index is 13.1. The van der Waals surface area contributed by atoms with Crippen molar-refractivity contribution in [1.82, 2.24) is 0 Å². The number of ether oxygens (including phenoxy) is 1. The van der Waals surface area contributed by atoms with Gasteiger partial charge in [0.2, 0.25) is 0 Å². The van der Waals surface area contributed by atoms with Crippen LogP contribution in [0.2, 0.25) is 0 Å². The highest BCUT2D eigenvalue weighted by molar-refractivity contribution is 5.40. The van der Waals surface area contributed by atoms with Crippen molar-refractivity contribution in [2.45, 2.75) is 12.8 Å². The highest BCUT2D eigenvalue weighted by atomic mass is 19.1. The van der Waals surface area contributed by atoms with Gasteiger partial charge in [-0.2, -0.15) is 0 Å². The summed E-state index contributed by atoms with van der Waals surface area (Å²) >= 11 is 0. The van der Waals surface area contributed by atoms with Crippen LogP contribution in [-0.2, 0) is 0 Å². The molecular formula is C9H8F2O. The molecule has 1 heterocycles.